The first-order chi connectivity index (χ1) is 11.0. The Balaban J connectivity index is 0.00000529. The summed E-state index contributed by atoms with van der Waals surface area (Å²) in [7, 11) is 3.51. The molecule has 1 amide bonds. The Hall–Kier alpha value is -0.440. The van der Waals surface area contributed by atoms with Gasteiger partial charge in [-0.2, -0.15) is 11.8 Å². The van der Waals surface area contributed by atoms with Crippen molar-refractivity contribution in [2.24, 2.45) is 10.9 Å². The van der Waals surface area contributed by atoms with Gasteiger partial charge in [-0.25, -0.2) is 4.99 Å². The summed E-state index contributed by atoms with van der Waals surface area (Å²) in [5, 5.41) is 6.88. The number of carbonyl (C=O) groups is 1. The van der Waals surface area contributed by atoms with Gasteiger partial charge < -0.3 is 15.5 Å². The molecule has 2 unspecified atom stereocenters. The molecule has 140 valence electrons. The van der Waals surface area contributed by atoms with E-state index in [9.17, 15) is 4.79 Å². The highest BCUT2D eigenvalue weighted by molar-refractivity contribution is 14.0. The van der Waals surface area contributed by atoms with Crippen LogP contribution in [0.5, 0.6) is 0 Å². The van der Waals surface area contributed by atoms with Crippen molar-refractivity contribution in [1.82, 2.24) is 15.5 Å². The molecule has 1 aliphatic carbocycles. The predicted octanol–water partition coefficient (Wildman–Crippen LogP) is 2.73. The molecule has 2 N–H and O–H groups in total. The number of nitrogens with one attached hydrogen (secondary N) is 2. The summed E-state index contributed by atoms with van der Waals surface area (Å²) in [4.78, 5) is 17.8. The van der Waals surface area contributed by atoms with Crippen molar-refractivity contribution in [2.75, 3.05) is 38.7 Å². The zero-order valence-corrected chi connectivity index (χ0v) is 18.4. The quantitative estimate of drug-likeness (QED) is 0.189. The number of rotatable bonds is 8. The number of amides is 1. The highest BCUT2D eigenvalue weighted by Gasteiger charge is 2.22. The lowest BCUT2D eigenvalue weighted by Gasteiger charge is -2.31. The maximum Gasteiger partial charge on any atom is 0.243 e. The molecule has 2 atom stereocenters. The molecular weight excluding hydrogens is 435 g/mol. The van der Waals surface area contributed by atoms with Gasteiger partial charge in [0.2, 0.25) is 5.91 Å². The number of carbonyl (C=O) groups excluding carboxylic acids is 1. The van der Waals surface area contributed by atoms with Crippen LogP contribution in [0.2, 0.25) is 0 Å². The second-order valence-electron chi connectivity index (χ2n) is 6.26. The molecule has 1 saturated carbocycles. The van der Waals surface area contributed by atoms with Gasteiger partial charge in [-0.05, 0) is 18.8 Å². The Morgan fingerprint density at radius 2 is 2.08 bits per heavy atom. The molecule has 1 fully saturated rings. The minimum Gasteiger partial charge on any atom is -0.356 e. The second-order valence-corrected chi connectivity index (χ2v) is 7.41. The van der Waals surface area contributed by atoms with Crippen LogP contribution in [0, 0.1) is 5.92 Å². The Morgan fingerprint density at radius 3 is 2.71 bits per heavy atom. The SMILES string of the molecule is C=CCSCCNC(=NCC(=O)N(C)C)NC1CCCCC1C.I. The normalized spacial score (nSPS) is 20.7. The summed E-state index contributed by atoms with van der Waals surface area (Å²) in [6.45, 7) is 7.03. The number of hydrogen-bond acceptors (Lipinski definition) is 3. The Morgan fingerprint density at radius 1 is 1.38 bits per heavy atom. The standard InChI is InChI=1S/C17H32N4OS.HI/c1-5-11-23-12-10-18-17(19-13-16(22)21(3)4)20-15-9-7-6-8-14(15)2;/h5,14-15H,1,6-13H2,2-4H3,(H2,18,19,20);1H. The average molecular weight is 468 g/mol. The summed E-state index contributed by atoms with van der Waals surface area (Å²) in [5.41, 5.74) is 0. The third kappa shape index (κ3) is 9.76. The number of likely N-dealkylation sites (N-methyl/N-ethyl adjacent to an activating group) is 1. The van der Waals surface area contributed by atoms with E-state index in [0.717, 1.165) is 24.0 Å². The van der Waals surface area contributed by atoms with Crippen LogP contribution in [0.15, 0.2) is 17.6 Å². The molecule has 1 rings (SSSR count). The van der Waals surface area contributed by atoms with E-state index >= 15 is 0 Å². The fourth-order valence-electron chi connectivity index (χ4n) is 2.56. The van der Waals surface area contributed by atoms with Crippen molar-refractivity contribution in [2.45, 2.75) is 38.6 Å². The zero-order valence-electron chi connectivity index (χ0n) is 15.2. The first kappa shape index (κ1) is 23.6. The van der Waals surface area contributed by atoms with Gasteiger partial charge in [0.1, 0.15) is 6.54 Å². The molecule has 0 aromatic rings. The fraction of sp³-hybridized carbons (Fsp3) is 0.765. The van der Waals surface area contributed by atoms with E-state index in [2.05, 4.69) is 29.1 Å². The van der Waals surface area contributed by atoms with Crippen molar-refractivity contribution in [3.63, 3.8) is 0 Å². The smallest absolute Gasteiger partial charge is 0.243 e. The van der Waals surface area contributed by atoms with Gasteiger partial charge >= 0.3 is 0 Å². The van der Waals surface area contributed by atoms with Crippen LogP contribution in [0.1, 0.15) is 32.6 Å². The van der Waals surface area contributed by atoms with E-state index in [1.165, 1.54) is 25.7 Å². The number of guanidine groups is 1. The molecule has 1 aliphatic rings. The lowest BCUT2D eigenvalue weighted by molar-refractivity contribution is -0.127. The van der Waals surface area contributed by atoms with Gasteiger partial charge in [-0.1, -0.05) is 25.8 Å². The van der Waals surface area contributed by atoms with Gasteiger partial charge in [-0.3, -0.25) is 4.79 Å². The largest absolute Gasteiger partial charge is 0.356 e. The summed E-state index contributed by atoms with van der Waals surface area (Å²) in [6.07, 6.45) is 6.93. The maximum atomic E-state index is 11.8. The molecule has 5 nitrogen and oxygen atoms in total. The molecule has 0 aromatic carbocycles. The lowest BCUT2D eigenvalue weighted by atomic mass is 9.86. The predicted molar refractivity (Wildman–Crippen MR) is 116 cm³/mol. The summed E-state index contributed by atoms with van der Waals surface area (Å²) < 4.78 is 0. The van der Waals surface area contributed by atoms with Crippen molar-refractivity contribution in [3.8, 4) is 0 Å². The van der Waals surface area contributed by atoms with Crippen molar-refractivity contribution in [1.29, 1.82) is 0 Å². The maximum absolute atomic E-state index is 11.8. The topological polar surface area (TPSA) is 56.7 Å². The third-order valence-electron chi connectivity index (χ3n) is 4.08. The Kier molecular flexibility index (Phi) is 13.6. The molecule has 0 heterocycles. The van der Waals surface area contributed by atoms with E-state index in [1.807, 2.05) is 17.8 Å². The minimum absolute atomic E-state index is 0. The second kappa shape index (κ2) is 13.8. The van der Waals surface area contributed by atoms with Gasteiger partial charge in [0.05, 0.1) is 0 Å². The first-order valence-electron chi connectivity index (χ1n) is 8.48. The molecule has 7 heteroatoms. The molecule has 0 radical (unpaired) electrons. The average Bonchev–Trinajstić information content (AvgIpc) is 2.53. The third-order valence-corrected chi connectivity index (χ3v) is 5.04. The van der Waals surface area contributed by atoms with E-state index in [-0.39, 0.29) is 36.4 Å². The van der Waals surface area contributed by atoms with Gasteiger partial charge in [-0.15, -0.1) is 30.6 Å². The van der Waals surface area contributed by atoms with Crippen LogP contribution in [0.4, 0.5) is 0 Å². The molecule has 24 heavy (non-hydrogen) atoms. The molecule has 0 bridgehead atoms. The summed E-state index contributed by atoms with van der Waals surface area (Å²) >= 11 is 1.83. The van der Waals surface area contributed by atoms with Crippen molar-refractivity contribution in [3.05, 3.63) is 12.7 Å². The van der Waals surface area contributed by atoms with Crippen LogP contribution < -0.4 is 10.6 Å². The van der Waals surface area contributed by atoms with E-state index in [0.29, 0.717) is 12.0 Å². The zero-order chi connectivity index (χ0) is 17.1. The van der Waals surface area contributed by atoms with Crippen LogP contribution in [0.25, 0.3) is 0 Å². The number of halogens is 1. The van der Waals surface area contributed by atoms with Crippen molar-refractivity contribution < 1.29 is 4.79 Å². The van der Waals surface area contributed by atoms with Crippen LogP contribution in [0.3, 0.4) is 0 Å². The monoisotopic (exact) mass is 468 g/mol. The van der Waals surface area contributed by atoms with Gasteiger partial charge in [0.25, 0.3) is 0 Å². The fourth-order valence-corrected chi connectivity index (χ4v) is 3.13. The lowest BCUT2D eigenvalue weighted by Crippen LogP contribution is -2.48. The number of hydrogen-bond donors (Lipinski definition) is 2. The van der Waals surface area contributed by atoms with Gasteiger partial charge in [0, 0.05) is 38.2 Å². The molecule has 0 aliphatic heterocycles. The number of nitrogens with zero attached hydrogens (tertiary/aromatic N) is 2. The molecule has 0 saturated heterocycles. The highest BCUT2D eigenvalue weighted by atomic mass is 127. The summed E-state index contributed by atoms with van der Waals surface area (Å²) in [6, 6.07) is 0.449. The Labute approximate surface area is 168 Å². The molecule has 0 aromatic heterocycles. The van der Waals surface area contributed by atoms with Crippen LogP contribution in [-0.4, -0.2) is 61.5 Å². The number of aliphatic imine (C=N–C) groups is 1. The summed E-state index contributed by atoms with van der Waals surface area (Å²) in [5.74, 6) is 3.38. The van der Waals surface area contributed by atoms with Crippen molar-refractivity contribution >= 4 is 47.6 Å². The van der Waals surface area contributed by atoms with Gasteiger partial charge in [0.15, 0.2) is 5.96 Å². The van der Waals surface area contributed by atoms with E-state index in [4.69, 9.17) is 0 Å². The van der Waals surface area contributed by atoms with Crippen LogP contribution in [-0.2, 0) is 4.79 Å². The van der Waals surface area contributed by atoms with Crippen LogP contribution >= 0.6 is 35.7 Å². The number of thioether (sulfide) groups is 1. The Bertz CT molecular complexity index is 404. The highest BCUT2D eigenvalue weighted by Crippen LogP contribution is 2.23. The van der Waals surface area contributed by atoms with E-state index in [1.54, 1.807) is 19.0 Å². The van der Waals surface area contributed by atoms with E-state index < -0.39 is 0 Å². The molecule has 0 spiro atoms. The minimum atomic E-state index is 0. The first-order valence-corrected chi connectivity index (χ1v) is 9.63. The molecular formula is C17H33IN4OS.